The van der Waals surface area contributed by atoms with Crippen molar-refractivity contribution in [2.75, 3.05) is 5.73 Å². The van der Waals surface area contributed by atoms with Gasteiger partial charge in [-0.3, -0.25) is 0 Å². The first-order valence-electron chi connectivity index (χ1n) is 5.65. The van der Waals surface area contributed by atoms with Crippen molar-refractivity contribution in [2.45, 2.75) is 6.61 Å². The highest BCUT2D eigenvalue weighted by atomic mass is 16.5. The number of benzene rings is 2. The van der Waals surface area contributed by atoms with Crippen LogP contribution in [0.2, 0.25) is 0 Å². The maximum atomic E-state index is 9.00. The largest absolute Gasteiger partial charge is 0.487 e. The first-order valence-corrected chi connectivity index (χ1v) is 5.65. The minimum Gasteiger partial charge on any atom is -0.487 e. The van der Waals surface area contributed by atoms with Gasteiger partial charge in [0, 0.05) is 11.3 Å². The third-order valence-corrected chi connectivity index (χ3v) is 2.65. The number of nitrogens with zero attached hydrogens (tertiary/aromatic N) is 2. The van der Waals surface area contributed by atoms with Crippen molar-refractivity contribution < 1.29 is 4.74 Å². The van der Waals surface area contributed by atoms with Crippen molar-refractivity contribution in [3.63, 3.8) is 0 Å². The van der Waals surface area contributed by atoms with Crippen molar-refractivity contribution in [1.29, 1.82) is 10.5 Å². The molecule has 4 heteroatoms. The Labute approximate surface area is 111 Å². The van der Waals surface area contributed by atoms with Crippen molar-refractivity contribution >= 4 is 5.69 Å². The average molecular weight is 249 g/mol. The van der Waals surface area contributed by atoms with E-state index in [1.165, 1.54) is 0 Å². The molecule has 0 spiro atoms. The molecule has 0 aliphatic carbocycles. The molecule has 0 saturated heterocycles. The Balaban J connectivity index is 2.20. The molecular weight excluding hydrogens is 238 g/mol. The summed E-state index contributed by atoms with van der Waals surface area (Å²) in [6.07, 6.45) is 0. The fraction of sp³-hybridized carbons (Fsp3) is 0.0667. The Morgan fingerprint density at radius 1 is 1.00 bits per heavy atom. The molecular formula is C15H11N3O. The van der Waals surface area contributed by atoms with Crippen LogP contribution in [0.5, 0.6) is 5.75 Å². The Morgan fingerprint density at radius 3 is 2.47 bits per heavy atom. The van der Waals surface area contributed by atoms with E-state index in [4.69, 9.17) is 21.0 Å². The smallest absolute Gasteiger partial charge is 0.137 e. The molecule has 0 atom stereocenters. The van der Waals surface area contributed by atoms with Gasteiger partial charge < -0.3 is 10.5 Å². The van der Waals surface area contributed by atoms with E-state index in [9.17, 15) is 0 Å². The zero-order valence-corrected chi connectivity index (χ0v) is 10.1. The van der Waals surface area contributed by atoms with Crippen LogP contribution in [0, 0.1) is 22.7 Å². The molecule has 2 aromatic carbocycles. The van der Waals surface area contributed by atoms with Crippen LogP contribution in [0.1, 0.15) is 16.7 Å². The van der Waals surface area contributed by atoms with Crippen molar-refractivity contribution in [1.82, 2.24) is 0 Å². The van der Waals surface area contributed by atoms with Crippen LogP contribution in [0.15, 0.2) is 42.5 Å². The predicted octanol–water partition coefficient (Wildman–Crippen LogP) is 2.59. The number of hydrogen-bond donors (Lipinski definition) is 1. The van der Waals surface area contributed by atoms with Gasteiger partial charge in [0.05, 0.1) is 17.2 Å². The van der Waals surface area contributed by atoms with Gasteiger partial charge in [-0.1, -0.05) is 18.2 Å². The van der Waals surface area contributed by atoms with Crippen LogP contribution < -0.4 is 10.5 Å². The highest BCUT2D eigenvalue weighted by Crippen LogP contribution is 2.22. The molecule has 0 amide bonds. The molecule has 0 aromatic heterocycles. The standard InChI is InChI=1S/C15H11N3O/c16-8-11-3-1-2-4-12(11)10-19-15-6-5-14(18)7-13(15)9-17/h1-7H,10,18H2. The minimum atomic E-state index is 0.238. The van der Waals surface area contributed by atoms with Crippen LogP contribution >= 0.6 is 0 Å². The Hall–Kier alpha value is -2.98. The zero-order valence-electron chi connectivity index (χ0n) is 10.1. The van der Waals surface area contributed by atoms with E-state index in [0.29, 0.717) is 22.6 Å². The normalized spacial score (nSPS) is 9.37. The Morgan fingerprint density at radius 2 is 1.74 bits per heavy atom. The van der Waals surface area contributed by atoms with E-state index in [-0.39, 0.29) is 6.61 Å². The molecule has 0 aliphatic rings. The Kier molecular flexibility index (Phi) is 3.66. The van der Waals surface area contributed by atoms with Crippen molar-refractivity contribution in [2.24, 2.45) is 0 Å². The van der Waals surface area contributed by atoms with Gasteiger partial charge in [0.1, 0.15) is 18.4 Å². The lowest BCUT2D eigenvalue weighted by atomic mass is 10.1. The van der Waals surface area contributed by atoms with E-state index in [1.807, 2.05) is 18.2 Å². The van der Waals surface area contributed by atoms with Gasteiger partial charge in [0.25, 0.3) is 0 Å². The van der Waals surface area contributed by atoms with Crippen LogP contribution in [0.3, 0.4) is 0 Å². The quantitative estimate of drug-likeness (QED) is 0.847. The highest BCUT2D eigenvalue weighted by Gasteiger charge is 2.06. The second kappa shape index (κ2) is 5.57. The molecule has 0 unspecified atom stereocenters. The summed E-state index contributed by atoms with van der Waals surface area (Å²) in [6.45, 7) is 0.238. The molecule has 19 heavy (non-hydrogen) atoms. The molecule has 4 nitrogen and oxygen atoms in total. The van der Waals surface area contributed by atoms with E-state index in [1.54, 1.807) is 30.3 Å². The summed E-state index contributed by atoms with van der Waals surface area (Å²) < 4.78 is 5.58. The first kappa shape index (κ1) is 12.5. The van der Waals surface area contributed by atoms with Crippen LogP contribution in [-0.2, 0) is 6.61 Å². The number of rotatable bonds is 3. The van der Waals surface area contributed by atoms with Crippen molar-refractivity contribution in [3.05, 3.63) is 59.2 Å². The van der Waals surface area contributed by atoms with E-state index in [0.717, 1.165) is 5.56 Å². The minimum absolute atomic E-state index is 0.238. The molecule has 0 aliphatic heterocycles. The second-order valence-corrected chi connectivity index (χ2v) is 3.93. The second-order valence-electron chi connectivity index (χ2n) is 3.93. The van der Waals surface area contributed by atoms with Gasteiger partial charge in [0.15, 0.2) is 0 Å². The maximum absolute atomic E-state index is 9.00. The molecule has 0 radical (unpaired) electrons. The topological polar surface area (TPSA) is 82.8 Å². The number of anilines is 1. The van der Waals surface area contributed by atoms with Crippen LogP contribution in [-0.4, -0.2) is 0 Å². The predicted molar refractivity (Wildman–Crippen MR) is 71.1 cm³/mol. The summed E-state index contributed by atoms with van der Waals surface area (Å²) in [5.74, 6) is 0.462. The van der Waals surface area contributed by atoms with Gasteiger partial charge in [-0.05, 0) is 24.3 Å². The van der Waals surface area contributed by atoms with Gasteiger partial charge in [-0.2, -0.15) is 10.5 Å². The van der Waals surface area contributed by atoms with Crippen molar-refractivity contribution in [3.8, 4) is 17.9 Å². The van der Waals surface area contributed by atoms with Crippen LogP contribution in [0.4, 0.5) is 5.69 Å². The van der Waals surface area contributed by atoms with E-state index < -0.39 is 0 Å². The Bertz CT molecular complexity index is 681. The summed E-state index contributed by atoms with van der Waals surface area (Å²) in [5.41, 5.74) is 7.85. The summed E-state index contributed by atoms with van der Waals surface area (Å²) in [7, 11) is 0. The van der Waals surface area contributed by atoms with E-state index >= 15 is 0 Å². The number of nitrogens with two attached hydrogens (primary N) is 1. The zero-order chi connectivity index (χ0) is 13.7. The molecule has 2 rings (SSSR count). The fourth-order valence-corrected chi connectivity index (χ4v) is 1.67. The van der Waals surface area contributed by atoms with Gasteiger partial charge in [0.2, 0.25) is 0 Å². The molecule has 2 N–H and O–H groups in total. The number of nitriles is 2. The summed E-state index contributed by atoms with van der Waals surface area (Å²) in [6, 6.07) is 16.2. The molecule has 0 heterocycles. The summed E-state index contributed by atoms with van der Waals surface area (Å²) in [4.78, 5) is 0. The number of nitrogen functional groups attached to an aromatic ring is 1. The lowest BCUT2D eigenvalue weighted by Crippen LogP contribution is -2.00. The lowest BCUT2D eigenvalue weighted by molar-refractivity contribution is 0.305. The third kappa shape index (κ3) is 2.83. The first-order chi connectivity index (χ1) is 9.24. The molecule has 92 valence electrons. The van der Waals surface area contributed by atoms with Gasteiger partial charge in [-0.15, -0.1) is 0 Å². The molecule has 2 aromatic rings. The monoisotopic (exact) mass is 249 g/mol. The van der Waals surface area contributed by atoms with Gasteiger partial charge >= 0.3 is 0 Å². The molecule has 0 bridgehead atoms. The van der Waals surface area contributed by atoms with Gasteiger partial charge in [-0.25, -0.2) is 0 Å². The SMILES string of the molecule is N#Cc1ccccc1COc1ccc(N)cc1C#N. The highest BCUT2D eigenvalue weighted by molar-refractivity contribution is 5.53. The summed E-state index contributed by atoms with van der Waals surface area (Å²) >= 11 is 0. The fourth-order valence-electron chi connectivity index (χ4n) is 1.67. The average Bonchev–Trinajstić information content (AvgIpc) is 2.46. The number of hydrogen-bond acceptors (Lipinski definition) is 4. The van der Waals surface area contributed by atoms with E-state index in [2.05, 4.69) is 6.07 Å². The maximum Gasteiger partial charge on any atom is 0.137 e. The number of ether oxygens (including phenoxy) is 1. The summed E-state index contributed by atoms with van der Waals surface area (Å²) in [5, 5.41) is 18.0. The third-order valence-electron chi connectivity index (χ3n) is 2.65. The molecule has 0 fully saturated rings. The van der Waals surface area contributed by atoms with Crippen LogP contribution in [0.25, 0.3) is 0 Å². The molecule has 0 saturated carbocycles. The lowest BCUT2D eigenvalue weighted by Gasteiger charge is -2.09.